The summed E-state index contributed by atoms with van der Waals surface area (Å²) in [4.78, 5) is 16.6. The maximum Gasteiger partial charge on any atom is 0.274 e. The molecule has 1 N–H and O–H groups in total. The van der Waals surface area contributed by atoms with Crippen LogP contribution in [0.2, 0.25) is 0 Å². The van der Waals surface area contributed by atoms with Crippen LogP contribution in [0.4, 0.5) is 9.52 Å². The van der Waals surface area contributed by atoms with Crippen molar-refractivity contribution >= 4 is 43.7 Å². The summed E-state index contributed by atoms with van der Waals surface area (Å²) in [5, 5.41) is 3.18. The van der Waals surface area contributed by atoms with Crippen molar-refractivity contribution in [2.75, 3.05) is 5.32 Å². The van der Waals surface area contributed by atoms with Gasteiger partial charge in [0.1, 0.15) is 11.5 Å². The zero-order valence-electron chi connectivity index (χ0n) is 11.5. The Bertz CT molecular complexity index is 1010. The molecule has 0 fully saturated rings. The number of aryl methyl sites for hydroxylation is 1. The third-order valence-corrected chi connectivity index (χ3v) is 4.40. The van der Waals surface area contributed by atoms with Gasteiger partial charge in [0.05, 0.1) is 22.0 Å². The SMILES string of the molecule is Cn1c(C(=O)Nc2nc3ccc(F)cc3s2)cc2occc21. The summed E-state index contributed by atoms with van der Waals surface area (Å²) in [6, 6.07) is 7.81. The van der Waals surface area contributed by atoms with E-state index in [1.165, 1.54) is 23.5 Å². The maximum atomic E-state index is 13.2. The van der Waals surface area contributed by atoms with E-state index in [1.807, 2.05) is 0 Å². The highest BCUT2D eigenvalue weighted by Gasteiger charge is 2.16. The molecule has 7 heteroatoms. The Morgan fingerprint density at radius 2 is 2.23 bits per heavy atom. The van der Waals surface area contributed by atoms with Gasteiger partial charge in [-0.05, 0) is 18.2 Å². The first-order valence-corrected chi connectivity index (χ1v) is 7.34. The van der Waals surface area contributed by atoms with Gasteiger partial charge < -0.3 is 8.98 Å². The molecule has 4 aromatic rings. The van der Waals surface area contributed by atoms with Crippen molar-refractivity contribution in [1.82, 2.24) is 9.55 Å². The molecule has 0 saturated heterocycles. The molecular formula is C15H10FN3O2S. The van der Waals surface area contributed by atoms with Crippen LogP contribution in [0.15, 0.2) is 41.0 Å². The van der Waals surface area contributed by atoms with Gasteiger partial charge in [-0.1, -0.05) is 11.3 Å². The Balaban J connectivity index is 1.67. The quantitative estimate of drug-likeness (QED) is 0.612. The number of aromatic nitrogens is 2. The number of hydrogen-bond acceptors (Lipinski definition) is 4. The van der Waals surface area contributed by atoms with Crippen molar-refractivity contribution in [3.63, 3.8) is 0 Å². The van der Waals surface area contributed by atoms with Crippen molar-refractivity contribution in [1.29, 1.82) is 0 Å². The first-order valence-electron chi connectivity index (χ1n) is 6.52. The van der Waals surface area contributed by atoms with Crippen LogP contribution in [-0.2, 0) is 7.05 Å². The van der Waals surface area contributed by atoms with E-state index in [-0.39, 0.29) is 11.7 Å². The van der Waals surface area contributed by atoms with Crippen molar-refractivity contribution in [3.05, 3.63) is 48.1 Å². The van der Waals surface area contributed by atoms with Gasteiger partial charge in [-0.25, -0.2) is 9.37 Å². The van der Waals surface area contributed by atoms with Crippen LogP contribution < -0.4 is 5.32 Å². The van der Waals surface area contributed by atoms with E-state index in [2.05, 4.69) is 10.3 Å². The summed E-state index contributed by atoms with van der Waals surface area (Å²) in [6.07, 6.45) is 1.58. The molecule has 0 spiro atoms. The second kappa shape index (κ2) is 4.67. The van der Waals surface area contributed by atoms with Crippen molar-refractivity contribution in [3.8, 4) is 0 Å². The summed E-state index contributed by atoms with van der Waals surface area (Å²) in [7, 11) is 1.79. The molecule has 1 aromatic carbocycles. The summed E-state index contributed by atoms with van der Waals surface area (Å²) in [5.74, 6) is -0.606. The predicted octanol–water partition coefficient (Wildman–Crippen LogP) is 3.77. The van der Waals surface area contributed by atoms with Gasteiger partial charge >= 0.3 is 0 Å². The lowest BCUT2D eigenvalue weighted by atomic mass is 10.3. The molecule has 4 rings (SSSR count). The number of benzene rings is 1. The van der Waals surface area contributed by atoms with Crippen molar-refractivity contribution in [2.24, 2.45) is 7.05 Å². The average molecular weight is 315 g/mol. The fourth-order valence-corrected chi connectivity index (χ4v) is 3.27. The molecule has 0 radical (unpaired) electrons. The van der Waals surface area contributed by atoms with Gasteiger partial charge in [0.25, 0.3) is 5.91 Å². The molecule has 3 heterocycles. The minimum absolute atomic E-state index is 0.284. The number of nitrogens with zero attached hydrogens (tertiary/aromatic N) is 2. The van der Waals surface area contributed by atoms with Crippen LogP contribution in [0.3, 0.4) is 0 Å². The zero-order chi connectivity index (χ0) is 15.3. The van der Waals surface area contributed by atoms with Crippen molar-refractivity contribution < 1.29 is 13.6 Å². The van der Waals surface area contributed by atoms with Gasteiger partial charge in [-0.2, -0.15) is 0 Å². The van der Waals surface area contributed by atoms with Crippen LogP contribution >= 0.6 is 11.3 Å². The Labute approximate surface area is 128 Å². The van der Waals surface area contributed by atoms with Crippen LogP contribution in [0.25, 0.3) is 21.3 Å². The fourth-order valence-electron chi connectivity index (χ4n) is 2.38. The molecule has 3 aromatic heterocycles. The van der Waals surface area contributed by atoms with E-state index in [9.17, 15) is 9.18 Å². The molecule has 0 aliphatic rings. The summed E-state index contributed by atoms with van der Waals surface area (Å²) in [6.45, 7) is 0. The Morgan fingerprint density at radius 3 is 3.05 bits per heavy atom. The van der Waals surface area contributed by atoms with E-state index in [0.29, 0.717) is 26.6 Å². The Hall–Kier alpha value is -2.67. The highest BCUT2D eigenvalue weighted by Crippen LogP contribution is 2.27. The lowest BCUT2D eigenvalue weighted by Gasteiger charge is -2.02. The molecule has 0 atom stereocenters. The van der Waals surface area contributed by atoms with Crippen molar-refractivity contribution in [2.45, 2.75) is 0 Å². The fraction of sp³-hybridized carbons (Fsp3) is 0.0667. The zero-order valence-corrected chi connectivity index (χ0v) is 12.3. The normalized spacial score (nSPS) is 11.4. The molecule has 5 nitrogen and oxygen atoms in total. The van der Waals surface area contributed by atoms with Gasteiger partial charge in [-0.15, -0.1) is 0 Å². The minimum atomic E-state index is -0.322. The van der Waals surface area contributed by atoms with Crippen LogP contribution in [0.1, 0.15) is 10.5 Å². The number of carbonyl (C=O) groups excluding carboxylic acids is 1. The van der Waals surface area contributed by atoms with Crippen LogP contribution in [-0.4, -0.2) is 15.5 Å². The summed E-state index contributed by atoms with van der Waals surface area (Å²) >= 11 is 1.23. The van der Waals surface area contributed by atoms with Crippen LogP contribution in [0, 0.1) is 5.82 Å². The van der Waals surface area contributed by atoms with E-state index >= 15 is 0 Å². The topological polar surface area (TPSA) is 60.1 Å². The number of fused-ring (bicyclic) bond motifs is 2. The number of hydrogen-bond donors (Lipinski definition) is 1. The molecule has 0 unspecified atom stereocenters. The molecule has 0 aliphatic heterocycles. The van der Waals surface area contributed by atoms with Gasteiger partial charge in [-0.3, -0.25) is 10.1 Å². The number of anilines is 1. The number of rotatable bonds is 2. The summed E-state index contributed by atoms with van der Waals surface area (Å²) < 4.78 is 20.9. The van der Waals surface area contributed by atoms with E-state index in [1.54, 1.807) is 36.1 Å². The van der Waals surface area contributed by atoms with E-state index in [0.717, 1.165) is 5.52 Å². The first-order chi connectivity index (χ1) is 10.6. The number of amides is 1. The van der Waals surface area contributed by atoms with Gasteiger partial charge in [0.15, 0.2) is 10.7 Å². The van der Waals surface area contributed by atoms with Gasteiger partial charge in [0.2, 0.25) is 0 Å². The average Bonchev–Trinajstić information content (AvgIpc) is 3.14. The largest absolute Gasteiger partial charge is 0.463 e. The highest BCUT2D eigenvalue weighted by atomic mass is 32.1. The van der Waals surface area contributed by atoms with Crippen LogP contribution in [0.5, 0.6) is 0 Å². The maximum absolute atomic E-state index is 13.2. The number of halogens is 1. The molecule has 0 saturated carbocycles. The molecule has 22 heavy (non-hydrogen) atoms. The van der Waals surface area contributed by atoms with Gasteiger partial charge in [0, 0.05) is 19.2 Å². The third-order valence-electron chi connectivity index (χ3n) is 3.47. The number of furan rings is 1. The number of nitrogens with one attached hydrogen (secondary N) is 1. The smallest absolute Gasteiger partial charge is 0.274 e. The lowest BCUT2D eigenvalue weighted by Crippen LogP contribution is -2.15. The summed E-state index contributed by atoms with van der Waals surface area (Å²) in [5.41, 5.74) is 2.62. The predicted molar refractivity (Wildman–Crippen MR) is 82.7 cm³/mol. The Morgan fingerprint density at radius 1 is 1.36 bits per heavy atom. The number of thiazole rings is 1. The molecule has 110 valence electrons. The molecule has 0 bridgehead atoms. The molecular weight excluding hydrogens is 305 g/mol. The van der Waals surface area contributed by atoms with E-state index < -0.39 is 0 Å². The third kappa shape index (κ3) is 1.98. The second-order valence-corrected chi connectivity index (χ2v) is 5.87. The number of carbonyl (C=O) groups is 1. The van der Waals surface area contributed by atoms with E-state index in [4.69, 9.17) is 4.42 Å². The molecule has 1 amide bonds. The highest BCUT2D eigenvalue weighted by molar-refractivity contribution is 7.22. The Kier molecular flexibility index (Phi) is 2.77. The molecule has 0 aliphatic carbocycles. The minimum Gasteiger partial charge on any atom is -0.463 e. The second-order valence-electron chi connectivity index (χ2n) is 4.84. The lowest BCUT2D eigenvalue weighted by molar-refractivity contribution is 0.101. The first kappa shape index (κ1) is 13.0. The monoisotopic (exact) mass is 315 g/mol. The standard InChI is InChI=1S/C15H10FN3O2S/c1-19-10-4-5-21-12(10)7-11(19)14(20)18-15-17-9-3-2-8(16)6-13(9)22-15/h2-7H,1H3,(H,17,18,20).